The number of benzene rings is 1. The first-order valence-electron chi connectivity index (χ1n) is 11.2. The largest absolute Gasteiger partial charge is 0.422 e. The molecule has 0 saturated carbocycles. The maximum absolute atomic E-state index is 13.3. The summed E-state index contributed by atoms with van der Waals surface area (Å²) in [5.74, 6) is -0.614. The van der Waals surface area contributed by atoms with Gasteiger partial charge in [0.25, 0.3) is 11.8 Å². The predicted octanol–water partition coefficient (Wildman–Crippen LogP) is 3.15. The maximum Gasteiger partial charge on any atom is 0.349 e. The molecule has 34 heavy (non-hydrogen) atoms. The van der Waals surface area contributed by atoms with Gasteiger partial charge in [0, 0.05) is 16.3 Å². The van der Waals surface area contributed by atoms with E-state index in [1.165, 1.54) is 17.4 Å². The van der Waals surface area contributed by atoms with Crippen LogP contribution in [0, 0.1) is 5.92 Å². The Morgan fingerprint density at radius 3 is 2.71 bits per heavy atom. The number of hydrogen-bond acceptors (Lipinski definition) is 7. The molecule has 1 aliphatic carbocycles. The molecule has 0 unspecified atom stereocenters. The van der Waals surface area contributed by atoms with Crippen LogP contribution in [0.4, 0.5) is 5.00 Å². The molecular weight excluding hydrogens is 476 g/mol. The Morgan fingerprint density at radius 1 is 1.15 bits per heavy atom. The van der Waals surface area contributed by atoms with Crippen LogP contribution in [0.2, 0.25) is 0 Å². The third kappa shape index (κ3) is 4.39. The van der Waals surface area contributed by atoms with Crippen LogP contribution >= 0.6 is 11.3 Å². The number of sulfone groups is 1. The van der Waals surface area contributed by atoms with Crippen LogP contribution in [0.25, 0.3) is 11.0 Å². The van der Waals surface area contributed by atoms with Crippen molar-refractivity contribution in [1.29, 1.82) is 0 Å². The lowest BCUT2D eigenvalue weighted by molar-refractivity contribution is 0.0941. The van der Waals surface area contributed by atoms with Crippen molar-refractivity contribution < 1.29 is 22.4 Å². The Balaban J connectivity index is 1.47. The predicted molar refractivity (Wildman–Crippen MR) is 130 cm³/mol. The second-order valence-electron chi connectivity index (χ2n) is 9.07. The summed E-state index contributed by atoms with van der Waals surface area (Å²) in [6, 6.07) is 7.95. The van der Waals surface area contributed by atoms with E-state index in [1.54, 1.807) is 24.3 Å². The molecule has 2 aliphatic rings. The topological polar surface area (TPSA) is 123 Å². The number of anilines is 1. The van der Waals surface area contributed by atoms with E-state index in [4.69, 9.17) is 4.42 Å². The Bertz CT molecular complexity index is 1470. The molecule has 1 aromatic carbocycles. The lowest BCUT2D eigenvalue weighted by Gasteiger charge is -2.19. The molecule has 0 spiro atoms. The van der Waals surface area contributed by atoms with Crippen LogP contribution < -0.4 is 16.3 Å². The zero-order valence-electron chi connectivity index (χ0n) is 18.6. The van der Waals surface area contributed by atoms with Gasteiger partial charge in [0.05, 0.1) is 17.1 Å². The van der Waals surface area contributed by atoms with Gasteiger partial charge in [0.15, 0.2) is 9.84 Å². The van der Waals surface area contributed by atoms with Crippen LogP contribution in [0.15, 0.2) is 39.5 Å². The lowest BCUT2D eigenvalue weighted by atomic mass is 9.88. The number of thiophene rings is 1. The van der Waals surface area contributed by atoms with Crippen molar-refractivity contribution in [2.45, 2.75) is 38.6 Å². The van der Waals surface area contributed by atoms with Gasteiger partial charge in [-0.1, -0.05) is 25.1 Å². The minimum absolute atomic E-state index is 0.0541. The molecule has 3 heterocycles. The molecule has 0 radical (unpaired) electrons. The number of carbonyl (C=O) groups excluding carboxylic acids is 2. The van der Waals surface area contributed by atoms with Gasteiger partial charge < -0.3 is 15.1 Å². The molecule has 5 rings (SSSR count). The Kier molecular flexibility index (Phi) is 5.81. The average molecular weight is 501 g/mol. The minimum atomic E-state index is -3.15. The standard InChI is InChI=1S/C24H24N2O6S2/c1-13-6-7-16-19(10-13)33-23(20(16)22(28)25-15-8-9-34(30,31)12-15)26-21(27)17-11-14-4-2-3-5-18(14)32-24(17)29/h2-5,11,13,15H,6-10,12H2,1H3,(H,25,28)(H,26,27)/t13-,15-/m1/s1. The molecule has 2 aromatic heterocycles. The molecular formula is C24H24N2O6S2. The fourth-order valence-electron chi connectivity index (χ4n) is 4.64. The lowest BCUT2D eigenvalue weighted by Crippen LogP contribution is -2.36. The van der Waals surface area contributed by atoms with E-state index in [-0.39, 0.29) is 17.1 Å². The van der Waals surface area contributed by atoms with Crippen molar-refractivity contribution in [1.82, 2.24) is 5.32 Å². The summed E-state index contributed by atoms with van der Waals surface area (Å²) in [6.07, 6.45) is 2.79. The van der Waals surface area contributed by atoms with Gasteiger partial charge in [-0.15, -0.1) is 11.3 Å². The average Bonchev–Trinajstić information content (AvgIpc) is 3.31. The van der Waals surface area contributed by atoms with Crippen molar-refractivity contribution in [3.05, 3.63) is 62.3 Å². The number of amides is 2. The van der Waals surface area contributed by atoms with Crippen molar-refractivity contribution in [3.8, 4) is 0 Å². The molecule has 10 heteroatoms. The van der Waals surface area contributed by atoms with E-state index < -0.39 is 33.3 Å². The van der Waals surface area contributed by atoms with E-state index in [0.29, 0.717) is 40.3 Å². The van der Waals surface area contributed by atoms with Crippen LogP contribution in [0.5, 0.6) is 0 Å². The van der Waals surface area contributed by atoms with Gasteiger partial charge in [-0.2, -0.15) is 0 Å². The number of nitrogens with one attached hydrogen (secondary N) is 2. The van der Waals surface area contributed by atoms with Gasteiger partial charge in [0.1, 0.15) is 16.1 Å². The van der Waals surface area contributed by atoms with Crippen LogP contribution in [-0.2, 0) is 22.7 Å². The fourth-order valence-corrected chi connectivity index (χ4v) is 7.71. The smallest absolute Gasteiger partial charge is 0.349 e. The zero-order chi connectivity index (χ0) is 24.0. The third-order valence-corrected chi connectivity index (χ3v) is 9.36. The van der Waals surface area contributed by atoms with E-state index in [9.17, 15) is 22.8 Å². The second-order valence-corrected chi connectivity index (χ2v) is 12.4. The molecule has 3 aromatic rings. The molecule has 1 fully saturated rings. The summed E-state index contributed by atoms with van der Waals surface area (Å²) in [4.78, 5) is 39.8. The number of hydrogen-bond donors (Lipinski definition) is 2. The highest BCUT2D eigenvalue weighted by molar-refractivity contribution is 7.91. The molecule has 8 nitrogen and oxygen atoms in total. The SMILES string of the molecule is C[C@@H]1CCc2c(sc(NC(=O)c3cc4ccccc4oc3=O)c2C(=O)N[C@@H]2CCS(=O)(=O)C2)C1. The summed E-state index contributed by atoms with van der Waals surface area (Å²) in [5.41, 5.74) is 0.744. The molecule has 2 N–H and O–H groups in total. The number of para-hydroxylation sites is 1. The quantitative estimate of drug-likeness (QED) is 0.531. The van der Waals surface area contributed by atoms with Gasteiger partial charge in [-0.25, -0.2) is 13.2 Å². The van der Waals surface area contributed by atoms with Crippen LogP contribution in [0.3, 0.4) is 0 Å². The maximum atomic E-state index is 13.3. The first-order valence-corrected chi connectivity index (χ1v) is 13.8. The molecule has 1 saturated heterocycles. The fraction of sp³-hybridized carbons (Fsp3) is 0.375. The van der Waals surface area contributed by atoms with Gasteiger partial charge in [-0.05, 0) is 49.3 Å². The molecule has 0 bridgehead atoms. The normalized spacial score (nSPS) is 21.2. The highest BCUT2D eigenvalue weighted by Gasteiger charge is 2.33. The Labute approximate surface area is 200 Å². The summed E-state index contributed by atoms with van der Waals surface area (Å²) < 4.78 is 28.9. The molecule has 178 valence electrons. The van der Waals surface area contributed by atoms with Crippen LogP contribution in [-0.4, -0.2) is 37.8 Å². The van der Waals surface area contributed by atoms with Crippen molar-refractivity contribution in [2.24, 2.45) is 5.92 Å². The van der Waals surface area contributed by atoms with E-state index in [2.05, 4.69) is 17.6 Å². The first-order chi connectivity index (χ1) is 16.2. The highest BCUT2D eigenvalue weighted by Crippen LogP contribution is 2.40. The van der Waals surface area contributed by atoms with Crippen molar-refractivity contribution in [3.63, 3.8) is 0 Å². The highest BCUT2D eigenvalue weighted by atomic mass is 32.2. The first kappa shape index (κ1) is 22.8. The molecule has 2 amide bonds. The van der Waals surface area contributed by atoms with E-state index >= 15 is 0 Å². The van der Waals surface area contributed by atoms with E-state index in [0.717, 1.165) is 23.3 Å². The number of rotatable bonds is 4. The van der Waals surface area contributed by atoms with E-state index in [1.807, 2.05) is 0 Å². The van der Waals surface area contributed by atoms with Crippen molar-refractivity contribution >= 4 is 49.0 Å². The second kappa shape index (κ2) is 8.66. The zero-order valence-corrected chi connectivity index (χ0v) is 20.2. The number of fused-ring (bicyclic) bond motifs is 2. The summed E-state index contributed by atoms with van der Waals surface area (Å²) in [7, 11) is -3.15. The van der Waals surface area contributed by atoms with Gasteiger partial charge in [-0.3, -0.25) is 9.59 Å². The third-order valence-electron chi connectivity index (χ3n) is 6.42. The van der Waals surface area contributed by atoms with Gasteiger partial charge in [0.2, 0.25) is 0 Å². The monoisotopic (exact) mass is 500 g/mol. The minimum Gasteiger partial charge on any atom is -0.422 e. The molecule has 1 aliphatic heterocycles. The Morgan fingerprint density at radius 2 is 1.94 bits per heavy atom. The van der Waals surface area contributed by atoms with Crippen molar-refractivity contribution in [2.75, 3.05) is 16.8 Å². The molecule has 2 atom stereocenters. The summed E-state index contributed by atoms with van der Waals surface area (Å²) in [5, 5.41) is 6.60. The number of carbonyl (C=O) groups is 2. The van der Waals surface area contributed by atoms with Crippen LogP contribution in [0.1, 0.15) is 50.9 Å². The summed E-state index contributed by atoms with van der Waals surface area (Å²) in [6.45, 7) is 2.14. The van der Waals surface area contributed by atoms with Gasteiger partial charge >= 0.3 is 5.63 Å². The Hall–Kier alpha value is -2.98. The summed E-state index contributed by atoms with van der Waals surface area (Å²) >= 11 is 1.34.